The van der Waals surface area contributed by atoms with Crippen LogP contribution in [-0.2, 0) is 4.74 Å². The van der Waals surface area contributed by atoms with Crippen LogP contribution < -0.4 is 10.2 Å². The molecule has 3 aromatic carbocycles. The first kappa shape index (κ1) is 27.6. The fourth-order valence-corrected chi connectivity index (χ4v) is 6.31. The predicted octanol–water partition coefficient (Wildman–Crippen LogP) is 6.13. The summed E-state index contributed by atoms with van der Waals surface area (Å²) >= 11 is 0. The molecule has 7 rings (SSSR count). The molecule has 2 aliphatic heterocycles. The van der Waals surface area contributed by atoms with Crippen molar-refractivity contribution < 1.29 is 9.53 Å². The number of ether oxygens (including phenoxy) is 1. The molecule has 0 amide bonds. The highest BCUT2D eigenvalue weighted by molar-refractivity contribution is 6.16. The first-order chi connectivity index (χ1) is 20.8. The third-order valence-electron chi connectivity index (χ3n) is 8.71. The Morgan fingerprint density at radius 2 is 1.70 bits per heavy atom. The van der Waals surface area contributed by atoms with Crippen molar-refractivity contribution in [2.24, 2.45) is 0 Å². The van der Waals surface area contributed by atoms with Crippen LogP contribution in [-0.4, -0.2) is 76.6 Å². The Balaban J connectivity index is 1.39. The summed E-state index contributed by atoms with van der Waals surface area (Å²) in [5.74, 6) is 0.515. The number of benzene rings is 3. The van der Waals surface area contributed by atoms with Gasteiger partial charge in [0.1, 0.15) is 11.5 Å². The smallest absolute Gasteiger partial charge is 0.212 e. The minimum Gasteiger partial charge on any atom is -0.380 e. The number of hydrogen-bond acceptors (Lipinski definition) is 7. The molecule has 43 heavy (non-hydrogen) atoms. The third-order valence-corrected chi connectivity index (χ3v) is 8.71. The van der Waals surface area contributed by atoms with Crippen LogP contribution in [0.25, 0.3) is 33.3 Å². The number of para-hydroxylation sites is 1. The van der Waals surface area contributed by atoms with Crippen molar-refractivity contribution in [3.63, 3.8) is 0 Å². The second kappa shape index (κ2) is 11.1. The van der Waals surface area contributed by atoms with Crippen LogP contribution in [0.1, 0.15) is 43.2 Å². The summed E-state index contributed by atoms with van der Waals surface area (Å²) in [5.41, 5.74) is 6.39. The van der Waals surface area contributed by atoms with Crippen molar-refractivity contribution in [1.82, 2.24) is 19.9 Å². The Labute approximate surface area is 252 Å². The fraction of sp³-hybridized carbons (Fsp3) is 0.343. The highest BCUT2D eigenvalue weighted by Gasteiger charge is 2.32. The van der Waals surface area contributed by atoms with Gasteiger partial charge in [0.2, 0.25) is 5.78 Å². The lowest BCUT2D eigenvalue weighted by molar-refractivity contribution is 0.103. The molecule has 2 fully saturated rings. The summed E-state index contributed by atoms with van der Waals surface area (Å²) in [6, 6.07) is 24.0. The maximum absolute atomic E-state index is 14.2. The molecule has 220 valence electrons. The number of morpholine rings is 1. The summed E-state index contributed by atoms with van der Waals surface area (Å²) in [5, 5.41) is 4.87. The van der Waals surface area contributed by atoms with Crippen molar-refractivity contribution >= 4 is 39.1 Å². The van der Waals surface area contributed by atoms with Crippen LogP contribution in [0.5, 0.6) is 0 Å². The molecule has 8 nitrogen and oxygen atoms in total. The number of likely N-dealkylation sites (tertiary alicyclic amines) is 1. The first-order valence-electron chi connectivity index (χ1n) is 15.2. The van der Waals surface area contributed by atoms with E-state index in [2.05, 4.69) is 65.1 Å². The van der Waals surface area contributed by atoms with Gasteiger partial charge in [-0.25, -0.2) is 9.97 Å². The Morgan fingerprint density at radius 3 is 2.47 bits per heavy atom. The van der Waals surface area contributed by atoms with E-state index in [1.807, 2.05) is 48.5 Å². The topological polar surface area (TPSA) is 86.4 Å². The van der Waals surface area contributed by atoms with Gasteiger partial charge in [0.15, 0.2) is 0 Å². The molecule has 2 aliphatic rings. The third kappa shape index (κ3) is 5.37. The van der Waals surface area contributed by atoms with Crippen LogP contribution in [0.4, 0.5) is 11.4 Å². The van der Waals surface area contributed by atoms with E-state index < -0.39 is 0 Å². The monoisotopic (exact) mass is 574 g/mol. The van der Waals surface area contributed by atoms with Crippen LogP contribution in [0.3, 0.4) is 0 Å². The quantitative estimate of drug-likeness (QED) is 0.236. The zero-order chi connectivity index (χ0) is 29.6. The van der Waals surface area contributed by atoms with Gasteiger partial charge in [-0.05, 0) is 51.5 Å². The number of fused-ring (bicyclic) bond motifs is 2. The molecule has 5 aromatic rings. The van der Waals surface area contributed by atoms with E-state index in [1.54, 1.807) is 0 Å². The largest absolute Gasteiger partial charge is 0.380 e. The number of hydrogen-bond donors (Lipinski definition) is 2. The highest BCUT2D eigenvalue weighted by atomic mass is 16.5. The lowest BCUT2D eigenvalue weighted by atomic mass is 9.98. The van der Waals surface area contributed by atoms with Crippen LogP contribution >= 0.6 is 0 Å². The summed E-state index contributed by atoms with van der Waals surface area (Å²) in [6.07, 6.45) is 1.01. The Kier molecular flexibility index (Phi) is 7.11. The number of carbonyl (C=O) groups excluding carboxylic acids is 1. The molecule has 1 atom stereocenters. The SMILES string of the molecule is CC(C)(C)N1CCC(Nc2c(-c3nc4ccc(N5CCOCC5)cc4[nH]3)c(C(=O)c3ccccc3)nc3ccccc23)C1. The maximum Gasteiger partial charge on any atom is 0.212 e. The van der Waals surface area contributed by atoms with E-state index in [0.29, 0.717) is 22.6 Å². The highest BCUT2D eigenvalue weighted by Crippen LogP contribution is 2.39. The molecule has 2 N–H and O–H groups in total. The molecule has 1 unspecified atom stereocenters. The van der Waals surface area contributed by atoms with Gasteiger partial charge in [0.25, 0.3) is 0 Å². The number of anilines is 2. The second-order valence-electron chi connectivity index (χ2n) is 12.6. The molecule has 4 heterocycles. The predicted molar refractivity (Wildman–Crippen MR) is 173 cm³/mol. The summed E-state index contributed by atoms with van der Waals surface area (Å²) in [4.78, 5) is 32.7. The minimum atomic E-state index is -0.124. The van der Waals surface area contributed by atoms with Crippen molar-refractivity contribution in [3.05, 3.63) is 84.1 Å². The number of nitrogens with one attached hydrogen (secondary N) is 2. The van der Waals surface area contributed by atoms with Crippen molar-refractivity contribution in [2.45, 2.75) is 38.8 Å². The molecule has 8 heteroatoms. The van der Waals surface area contributed by atoms with Gasteiger partial charge >= 0.3 is 0 Å². The molecule has 0 saturated carbocycles. The standard InChI is InChI=1S/C35H38N6O2/c1-35(2,3)41-16-15-24(22-41)36-31-26-11-7-8-12-27(26)37-32(33(42)23-9-5-4-6-10-23)30(31)34-38-28-14-13-25(21-29(28)39-34)40-17-19-43-20-18-40/h4-14,21,24H,15-20,22H2,1-3H3,(H,36,37)(H,38,39). The summed E-state index contributed by atoms with van der Waals surface area (Å²) < 4.78 is 5.56. The number of imidazole rings is 1. The van der Waals surface area contributed by atoms with Gasteiger partial charge < -0.3 is 19.9 Å². The Bertz CT molecular complexity index is 1790. The molecule has 2 aromatic heterocycles. The molecule has 0 radical (unpaired) electrons. The minimum absolute atomic E-state index is 0.0882. The molecular weight excluding hydrogens is 536 g/mol. The van der Waals surface area contributed by atoms with E-state index in [0.717, 1.165) is 79.1 Å². The zero-order valence-electron chi connectivity index (χ0n) is 25.1. The van der Waals surface area contributed by atoms with Crippen molar-refractivity contribution in [3.8, 4) is 11.4 Å². The van der Waals surface area contributed by atoms with Crippen molar-refractivity contribution in [1.29, 1.82) is 0 Å². The Morgan fingerprint density at radius 1 is 0.930 bits per heavy atom. The van der Waals surface area contributed by atoms with E-state index in [1.165, 1.54) is 0 Å². The van der Waals surface area contributed by atoms with Gasteiger partial charge in [-0.2, -0.15) is 0 Å². The fourth-order valence-electron chi connectivity index (χ4n) is 6.31. The molecule has 0 bridgehead atoms. The summed E-state index contributed by atoms with van der Waals surface area (Å²) in [7, 11) is 0. The number of ketones is 1. The molecule has 0 spiro atoms. The second-order valence-corrected chi connectivity index (χ2v) is 12.6. The van der Waals surface area contributed by atoms with Gasteiger partial charge in [0.05, 0.1) is 41.0 Å². The number of pyridine rings is 1. The number of rotatable bonds is 6. The number of H-pyrrole nitrogens is 1. The number of carbonyl (C=O) groups is 1. The number of nitrogens with zero attached hydrogens (tertiary/aromatic N) is 4. The molecule has 2 saturated heterocycles. The van der Waals surface area contributed by atoms with E-state index >= 15 is 0 Å². The maximum atomic E-state index is 14.2. The Hall–Kier alpha value is -4.27. The van der Waals surface area contributed by atoms with Gasteiger partial charge in [-0.15, -0.1) is 0 Å². The van der Waals surface area contributed by atoms with E-state index in [4.69, 9.17) is 14.7 Å². The van der Waals surface area contributed by atoms with Crippen LogP contribution in [0.2, 0.25) is 0 Å². The average molecular weight is 575 g/mol. The number of aromatic amines is 1. The van der Waals surface area contributed by atoms with E-state index in [-0.39, 0.29) is 17.4 Å². The van der Waals surface area contributed by atoms with Crippen LogP contribution in [0.15, 0.2) is 72.8 Å². The lowest BCUT2D eigenvalue weighted by Crippen LogP contribution is -2.40. The molecule has 0 aliphatic carbocycles. The molecular formula is C35H38N6O2. The van der Waals surface area contributed by atoms with Crippen molar-refractivity contribution in [2.75, 3.05) is 49.6 Å². The summed E-state index contributed by atoms with van der Waals surface area (Å²) in [6.45, 7) is 11.9. The van der Waals surface area contributed by atoms with Crippen LogP contribution in [0, 0.1) is 0 Å². The first-order valence-corrected chi connectivity index (χ1v) is 15.2. The van der Waals surface area contributed by atoms with Gasteiger partial charge in [-0.1, -0.05) is 48.5 Å². The normalized spacial score (nSPS) is 18.0. The van der Waals surface area contributed by atoms with Gasteiger partial charge in [0, 0.05) is 54.4 Å². The van der Waals surface area contributed by atoms with E-state index in [9.17, 15) is 4.79 Å². The van der Waals surface area contributed by atoms with Gasteiger partial charge in [-0.3, -0.25) is 9.69 Å². The zero-order valence-corrected chi connectivity index (χ0v) is 25.1. The lowest BCUT2D eigenvalue weighted by Gasteiger charge is -2.32. The number of aromatic nitrogens is 3. The average Bonchev–Trinajstić information content (AvgIpc) is 3.68.